The van der Waals surface area contributed by atoms with Crippen LogP contribution in [0.2, 0.25) is 0 Å². The van der Waals surface area contributed by atoms with Crippen molar-refractivity contribution in [1.82, 2.24) is 0 Å². The molecule has 0 saturated heterocycles. The molecule has 0 radical (unpaired) electrons. The highest BCUT2D eigenvalue weighted by atomic mass is 15.2. The lowest BCUT2D eigenvalue weighted by molar-refractivity contribution is 1.24. The number of nitrogen functional groups attached to an aromatic ring is 2. The van der Waals surface area contributed by atoms with E-state index in [1.807, 2.05) is 24.3 Å². The van der Waals surface area contributed by atoms with Gasteiger partial charge in [0.25, 0.3) is 0 Å². The summed E-state index contributed by atoms with van der Waals surface area (Å²) in [5.41, 5.74) is 19.3. The highest BCUT2D eigenvalue weighted by Gasteiger charge is 1.98. The summed E-state index contributed by atoms with van der Waals surface area (Å²) < 4.78 is 0. The first-order chi connectivity index (χ1) is 9.16. The number of azo groups is 1. The van der Waals surface area contributed by atoms with Gasteiger partial charge in [0.2, 0.25) is 5.96 Å². The molecule has 19 heavy (non-hydrogen) atoms. The number of rotatable bonds is 2. The molecule has 2 aromatic carbocycles. The van der Waals surface area contributed by atoms with Crippen molar-refractivity contribution in [3.8, 4) is 0 Å². The summed E-state index contributed by atoms with van der Waals surface area (Å²) in [6.07, 6.45) is 0. The number of hydrogen-bond acceptors (Lipinski definition) is 4. The third-order valence-corrected chi connectivity index (χ3v) is 2.37. The van der Waals surface area contributed by atoms with Gasteiger partial charge >= 0.3 is 0 Å². The Morgan fingerprint density at radius 2 is 1.32 bits per heavy atom. The van der Waals surface area contributed by atoms with Gasteiger partial charge in [-0.25, -0.2) is 4.99 Å². The Hall–Kier alpha value is -2.89. The van der Waals surface area contributed by atoms with Crippen molar-refractivity contribution in [3.05, 3.63) is 48.5 Å². The van der Waals surface area contributed by atoms with Crippen LogP contribution in [0, 0.1) is 0 Å². The summed E-state index contributed by atoms with van der Waals surface area (Å²) in [5, 5.41) is 7.74. The second kappa shape index (κ2) is 5.63. The van der Waals surface area contributed by atoms with E-state index in [1.165, 1.54) is 0 Å². The topological polar surface area (TPSA) is 115 Å². The summed E-state index contributed by atoms with van der Waals surface area (Å²) in [7, 11) is 0. The molecule has 0 fully saturated rings. The Morgan fingerprint density at radius 3 is 1.89 bits per heavy atom. The fraction of sp³-hybridized carbons (Fsp3) is 0. The highest BCUT2D eigenvalue weighted by molar-refractivity contribution is 5.83. The third kappa shape index (κ3) is 3.29. The predicted octanol–water partition coefficient (Wildman–Crippen LogP) is 2.58. The number of benzene rings is 2. The molecule has 6 nitrogen and oxygen atoms in total. The molecule has 2 rings (SSSR count). The summed E-state index contributed by atoms with van der Waals surface area (Å²) >= 11 is 0. The highest BCUT2D eigenvalue weighted by Crippen LogP contribution is 2.22. The molecule has 0 unspecified atom stereocenters. The molecule has 6 heteroatoms. The standard InChI is InChI=1S/C13H14N6/c14-9-5-1-3-7-11(9)17-13(16)19-18-12-8-4-2-6-10(12)15/h1-8H,14-15H2,(H2,16,17). The van der Waals surface area contributed by atoms with E-state index >= 15 is 0 Å². The quantitative estimate of drug-likeness (QED) is 0.331. The fourth-order valence-corrected chi connectivity index (χ4v) is 1.42. The molecule has 0 aliphatic rings. The van der Waals surface area contributed by atoms with Gasteiger partial charge in [-0.1, -0.05) is 24.3 Å². The zero-order chi connectivity index (χ0) is 13.7. The lowest BCUT2D eigenvalue weighted by atomic mass is 10.3. The molecule has 0 saturated carbocycles. The molecular weight excluding hydrogens is 240 g/mol. The van der Waals surface area contributed by atoms with Crippen LogP contribution in [-0.2, 0) is 0 Å². The van der Waals surface area contributed by atoms with Crippen LogP contribution >= 0.6 is 0 Å². The molecule has 0 aliphatic heterocycles. The Kier molecular flexibility index (Phi) is 3.72. The molecule has 2 aromatic rings. The van der Waals surface area contributed by atoms with Crippen molar-refractivity contribution in [2.45, 2.75) is 0 Å². The normalized spacial score (nSPS) is 11.9. The van der Waals surface area contributed by atoms with Gasteiger partial charge in [-0.15, -0.1) is 10.2 Å². The zero-order valence-corrected chi connectivity index (χ0v) is 10.2. The summed E-state index contributed by atoms with van der Waals surface area (Å²) in [4.78, 5) is 4.07. The van der Waals surface area contributed by atoms with Gasteiger partial charge in [-0.3, -0.25) is 0 Å². The molecule has 0 atom stereocenters. The van der Waals surface area contributed by atoms with Gasteiger partial charge in [0, 0.05) is 0 Å². The lowest BCUT2D eigenvalue weighted by Crippen LogP contribution is -2.06. The van der Waals surface area contributed by atoms with Crippen LogP contribution in [0.15, 0.2) is 63.8 Å². The number of aliphatic imine (C=N–C) groups is 1. The SMILES string of the molecule is NC(N=Nc1ccccc1N)=Nc1ccccc1N. The minimum absolute atomic E-state index is 0.0150. The molecule has 96 valence electrons. The molecule has 0 aliphatic carbocycles. The van der Waals surface area contributed by atoms with Crippen molar-refractivity contribution in [3.63, 3.8) is 0 Å². The van der Waals surface area contributed by atoms with Gasteiger partial charge in [0.15, 0.2) is 0 Å². The van der Waals surface area contributed by atoms with Crippen LogP contribution in [0.5, 0.6) is 0 Å². The van der Waals surface area contributed by atoms with Crippen LogP contribution in [0.25, 0.3) is 0 Å². The first-order valence-electron chi connectivity index (χ1n) is 5.62. The molecule has 0 bridgehead atoms. The van der Waals surface area contributed by atoms with E-state index in [9.17, 15) is 0 Å². The molecule has 0 amide bonds. The van der Waals surface area contributed by atoms with Crippen molar-refractivity contribution >= 4 is 28.7 Å². The number of hydrogen-bond donors (Lipinski definition) is 3. The summed E-state index contributed by atoms with van der Waals surface area (Å²) in [5.74, 6) is 0.0150. The second-order valence-electron chi connectivity index (χ2n) is 3.79. The van der Waals surface area contributed by atoms with Crippen molar-refractivity contribution in [2.75, 3.05) is 11.5 Å². The van der Waals surface area contributed by atoms with E-state index in [2.05, 4.69) is 15.2 Å². The zero-order valence-electron chi connectivity index (χ0n) is 10.2. The monoisotopic (exact) mass is 254 g/mol. The average molecular weight is 254 g/mol. The van der Waals surface area contributed by atoms with Crippen LogP contribution in [0.4, 0.5) is 22.7 Å². The van der Waals surface area contributed by atoms with Crippen molar-refractivity contribution in [1.29, 1.82) is 0 Å². The summed E-state index contributed by atoms with van der Waals surface area (Å²) in [6.45, 7) is 0. The predicted molar refractivity (Wildman–Crippen MR) is 77.5 cm³/mol. The molecule has 0 spiro atoms. The van der Waals surface area contributed by atoms with Crippen LogP contribution < -0.4 is 17.2 Å². The molecule has 6 N–H and O–H groups in total. The number of para-hydroxylation sites is 3. The maximum atomic E-state index is 5.75. The van der Waals surface area contributed by atoms with Crippen LogP contribution in [0.3, 0.4) is 0 Å². The van der Waals surface area contributed by atoms with E-state index in [-0.39, 0.29) is 5.96 Å². The van der Waals surface area contributed by atoms with Gasteiger partial charge in [0.05, 0.1) is 17.1 Å². The third-order valence-electron chi connectivity index (χ3n) is 2.37. The number of nitrogens with two attached hydrogens (primary N) is 3. The Labute approximate surface area is 110 Å². The number of guanidine groups is 1. The van der Waals surface area contributed by atoms with Crippen LogP contribution in [-0.4, -0.2) is 5.96 Å². The Morgan fingerprint density at radius 1 is 0.789 bits per heavy atom. The Bertz CT molecular complexity index is 633. The van der Waals surface area contributed by atoms with E-state index in [0.717, 1.165) is 0 Å². The minimum atomic E-state index is 0.0150. The van der Waals surface area contributed by atoms with Crippen molar-refractivity contribution in [2.24, 2.45) is 21.0 Å². The smallest absolute Gasteiger partial charge is 0.240 e. The summed E-state index contributed by atoms with van der Waals surface area (Å²) in [6, 6.07) is 14.2. The maximum absolute atomic E-state index is 5.75. The Balaban J connectivity index is 2.20. The largest absolute Gasteiger partial charge is 0.397 e. The van der Waals surface area contributed by atoms with E-state index in [0.29, 0.717) is 22.7 Å². The van der Waals surface area contributed by atoms with E-state index in [4.69, 9.17) is 17.2 Å². The minimum Gasteiger partial charge on any atom is -0.397 e. The van der Waals surface area contributed by atoms with Crippen LogP contribution in [0.1, 0.15) is 0 Å². The average Bonchev–Trinajstić information content (AvgIpc) is 2.40. The van der Waals surface area contributed by atoms with E-state index < -0.39 is 0 Å². The van der Waals surface area contributed by atoms with Crippen molar-refractivity contribution < 1.29 is 0 Å². The van der Waals surface area contributed by atoms with Gasteiger partial charge in [-0.2, -0.15) is 0 Å². The first-order valence-corrected chi connectivity index (χ1v) is 5.62. The molecule has 0 aromatic heterocycles. The van der Waals surface area contributed by atoms with Gasteiger partial charge in [0.1, 0.15) is 5.69 Å². The van der Waals surface area contributed by atoms with Gasteiger partial charge in [-0.05, 0) is 24.3 Å². The molecular formula is C13H14N6. The van der Waals surface area contributed by atoms with Gasteiger partial charge < -0.3 is 17.2 Å². The fourth-order valence-electron chi connectivity index (χ4n) is 1.42. The molecule has 0 heterocycles. The number of anilines is 2. The lowest BCUT2D eigenvalue weighted by Gasteiger charge is -1.99. The maximum Gasteiger partial charge on any atom is 0.240 e. The second-order valence-corrected chi connectivity index (χ2v) is 3.79. The number of nitrogens with zero attached hydrogens (tertiary/aromatic N) is 3. The first kappa shape index (κ1) is 12.6. The van der Waals surface area contributed by atoms with E-state index in [1.54, 1.807) is 24.3 Å².